The summed E-state index contributed by atoms with van der Waals surface area (Å²) >= 11 is 0. The molecule has 0 unspecified atom stereocenters. The Bertz CT molecular complexity index is 1100. The fraction of sp³-hybridized carbons (Fsp3) is 0.235. The van der Waals surface area contributed by atoms with Crippen molar-refractivity contribution in [3.8, 4) is 11.3 Å². The van der Waals surface area contributed by atoms with Gasteiger partial charge in [-0.2, -0.15) is 0 Å². The van der Waals surface area contributed by atoms with Gasteiger partial charge in [-0.05, 0) is 38.1 Å². The van der Waals surface area contributed by atoms with Gasteiger partial charge in [0, 0.05) is 24.7 Å². The van der Waals surface area contributed by atoms with E-state index in [4.69, 9.17) is 4.52 Å². The minimum atomic E-state index is -3.79. The molecule has 0 aliphatic carbocycles. The third kappa shape index (κ3) is 4.12. The monoisotopic (exact) mass is 392 g/mol. The van der Waals surface area contributed by atoms with E-state index >= 15 is 0 Å². The van der Waals surface area contributed by atoms with Crippen LogP contribution in [0.3, 0.4) is 0 Å². The van der Waals surface area contributed by atoms with Crippen molar-refractivity contribution in [3.63, 3.8) is 0 Å². The van der Waals surface area contributed by atoms with Gasteiger partial charge >= 0.3 is 0 Å². The molecule has 0 bridgehead atoms. The molecule has 1 N–H and O–H groups in total. The fourth-order valence-electron chi connectivity index (χ4n) is 2.60. The van der Waals surface area contributed by atoms with Gasteiger partial charge in [0.2, 0.25) is 10.0 Å². The number of rotatable bonds is 6. The van der Waals surface area contributed by atoms with Gasteiger partial charge in [0.05, 0.1) is 12.0 Å². The van der Waals surface area contributed by atoms with Crippen LogP contribution in [0.5, 0.6) is 0 Å². The summed E-state index contributed by atoms with van der Waals surface area (Å²) in [5.41, 5.74) is 0.940. The van der Waals surface area contributed by atoms with Gasteiger partial charge in [-0.15, -0.1) is 0 Å². The highest BCUT2D eigenvalue weighted by Gasteiger charge is 2.23. The summed E-state index contributed by atoms with van der Waals surface area (Å²) in [5, 5.41) is 3.62. The summed E-state index contributed by atoms with van der Waals surface area (Å²) in [5.74, 6) is -0.180. The van der Waals surface area contributed by atoms with Gasteiger partial charge in [0.15, 0.2) is 5.76 Å². The molecule has 10 heteroatoms. The summed E-state index contributed by atoms with van der Waals surface area (Å²) in [6, 6.07) is 6.94. The highest BCUT2D eigenvalue weighted by Crippen LogP contribution is 2.18. The summed E-state index contributed by atoms with van der Waals surface area (Å²) in [6.45, 7) is 3.13. The molecular formula is C17H17FN4O4S. The van der Waals surface area contributed by atoms with Gasteiger partial charge in [-0.1, -0.05) is 5.16 Å². The topological polar surface area (TPSA) is 107 Å². The third-order valence-electron chi connectivity index (χ3n) is 3.90. The van der Waals surface area contributed by atoms with Gasteiger partial charge in [0.1, 0.15) is 16.4 Å². The van der Waals surface area contributed by atoms with Gasteiger partial charge in [-0.3, -0.25) is 9.36 Å². The largest absolute Gasteiger partial charge is 0.360 e. The van der Waals surface area contributed by atoms with Crippen molar-refractivity contribution >= 4 is 10.0 Å². The highest BCUT2D eigenvalue weighted by atomic mass is 32.2. The standard InChI is InChI=1S/C17H17FN4O4S/c1-11-17(12(2)26-21-11)27(24,25)20-7-8-22-10-19-15(9-16(22)23)13-3-5-14(18)6-4-13/h3-6,9-10,20H,7-8H2,1-2H3. The van der Waals surface area contributed by atoms with Crippen LogP contribution in [0.1, 0.15) is 11.5 Å². The molecule has 2 aromatic heterocycles. The lowest BCUT2D eigenvalue weighted by molar-refractivity contribution is 0.390. The molecule has 3 aromatic rings. The number of halogens is 1. The SMILES string of the molecule is Cc1noc(C)c1S(=O)(=O)NCCn1cnc(-c2ccc(F)cc2)cc1=O. The number of benzene rings is 1. The first-order valence-electron chi connectivity index (χ1n) is 8.03. The molecule has 0 fully saturated rings. The lowest BCUT2D eigenvalue weighted by atomic mass is 10.1. The smallest absolute Gasteiger partial charge is 0.253 e. The van der Waals surface area contributed by atoms with Crippen LogP contribution in [0.15, 0.2) is 50.9 Å². The van der Waals surface area contributed by atoms with E-state index in [1.807, 2.05) is 0 Å². The summed E-state index contributed by atoms with van der Waals surface area (Å²) < 4.78 is 46.2. The second kappa shape index (κ2) is 7.41. The van der Waals surface area contributed by atoms with Crippen molar-refractivity contribution in [1.82, 2.24) is 19.4 Å². The van der Waals surface area contributed by atoms with E-state index < -0.39 is 10.0 Å². The van der Waals surface area contributed by atoms with Crippen molar-refractivity contribution in [3.05, 3.63) is 64.3 Å². The zero-order valence-corrected chi connectivity index (χ0v) is 15.5. The normalized spacial score (nSPS) is 11.7. The van der Waals surface area contributed by atoms with Crippen LogP contribution in [-0.4, -0.2) is 29.7 Å². The fourth-order valence-corrected chi connectivity index (χ4v) is 3.95. The van der Waals surface area contributed by atoms with E-state index in [0.717, 1.165) is 0 Å². The van der Waals surface area contributed by atoms with Crippen LogP contribution >= 0.6 is 0 Å². The molecule has 1 aromatic carbocycles. The number of nitrogens with zero attached hydrogens (tertiary/aromatic N) is 3. The number of nitrogens with one attached hydrogen (secondary N) is 1. The molecule has 0 atom stereocenters. The first kappa shape index (κ1) is 18.9. The maximum atomic E-state index is 13.0. The Kier molecular flexibility index (Phi) is 5.19. The number of aromatic nitrogens is 3. The van der Waals surface area contributed by atoms with Crippen LogP contribution < -0.4 is 10.3 Å². The first-order chi connectivity index (χ1) is 12.8. The number of sulfonamides is 1. The van der Waals surface area contributed by atoms with E-state index in [1.54, 1.807) is 0 Å². The van der Waals surface area contributed by atoms with Crippen molar-refractivity contribution in [2.75, 3.05) is 6.54 Å². The Labute approximate surface area is 154 Å². The van der Waals surface area contributed by atoms with Gasteiger partial charge < -0.3 is 4.52 Å². The van der Waals surface area contributed by atoms with Crippen molar-refractivity contribution in [2.24, 2.45) is 0 Å². The summed E-state index contributed by atoms with van der Waals surface area (Å²) in [4.78, 5) is 16.4. The maximum absolute atomic E-state index is 13.0. The lowest BCUT2D eigenvalue weighted by Gasteiger charge is -2.09. The molecule has 3 rings (SSSR count). The zero-order chi connectivity index (χ0) is 19.6. The lowest BCUT2D eigenvalue weighted by Crippen LogP contribution is -2.31. The second-order valence-corrected chi connectivity index (χ2v) is 7.57. The molecule has 142 valence electrons. The number of hydrogen-bond donors (Lipinski definition) is 1. The zero-order valence-electron chi connectivity index (χ0n) is 14.6. The summed E-state index contributed by atoms with van der Waals surface area (Å²) in [7, 11) is -3.79. The number of aryl methyl sites for hydroxylation is 2. The molecule has 0 spiro atoms. The van der Waals surface area contributed by atoms with Gasteiger partial charge in [-0.25, -0.2) is 22.5 Å². The van der Waals surface area contributed by atoms with E-state index in [-0.39, 0.29) is 40.8 Å². The maximum Gasteiger partial charge on any atom is 0.253 e. The Morgan fingerprint density at radius 3 is 2.52 bits per heavy atom. The van der Waals surface area contributed by atoms with E-state index in [2.05, 4.69) is 14.9 Å². The van der Waals surface area contributed by atoms with Crippen LogP contribution in [0, 0.1) is 19.7 Å². The van der Waals surface area contributed by atoms with Crippen LogP contribution in [0.2, 0.25) is 0 Å². The predicted molar refractivity (Wildman–Crippen MR) is 95.1 cm³/mol. The average Bonchev–Trinajstić information content (AvgIpc) is 2.96. The van der Waals surface area contributed by atoms with Crippen molar-refractivity contribution < 1.29 is 17.3 Å². The van der Waals surface area contributed by atoms with E-state index in [0.29, 0.717) is 11.3 Å². The average molecular weight is 392 g/mol. The molecule has 27 heavy (non-hydrogen) atoms. The predicted octanol–water partition coefficient (Wildman–Crippen LogP) is 1.63. The van der Waals surface area contributed by atoms with Crippen LogP contribution in [0.25, 0.3) is 11.3 Å². The first-order valence-corrected chi connectivity index (χ1v) is 9.51. The van der Waals surface area contributed by atoms with Gasteiger partial charge in [0.25, 0.3) is 5.56 Å². The number of hydrogen-bond acceptors (Lipinski definition) is 6. The molecule has 2 heterocycles. The molecule has 0 amide bonds. The minimum Gasteiger partial charge on any atom is -0.360 e. The molecule has 8 nitrogen and oxygen atoms in total. The molecule has 0 radical (unpaired) electrons. The second-order valence-electron chi connectivity index (χ2n) is 5.86. The molecule has 0 aliphatic rings. The molecular weight excluding hydrogens is 375 g/mol. The summed E-state index contributed by atoms with van der Waals surface area (Å²) in [6.07, 6.45) is 1.32. The Hall–Kier alpha value is -2.85. The Balaban J connectivity index is 1.70. The van der Waals surface area contributed by atoms with Crippen LogP contribution in [0.4, 0.5) is 4.39 Å². The van der Waals surface area contributed by atoms with E-state index in [1.165, 1.54) is 55.1 Å². The van der Waals surface area contributed by atoms with Crippen molar-refractivity contribution in [1.29, 1.82) is 0 Å². The molecule has 0 aliphatic heterocycles. The Morgan fingerprint density at radius 1 is 1.22 bits per heavy atom. The molecule has 0 saturated heterocycles. The van der Waals surface area contributed by atoms with E-state index in [9.17, 15) is 17.6 Å². The van der Waals surface area contributed by atoms with Crippen LogP contribution in [-0.2, 0) is 16.6 Å². The molecule has 0 saturated carbocycles. The third-order valence-corrected chi connectivity index (χ3v) is 5.61. The van der Waals surface area contributed by atoms with Crippen molar-refractivity contribution in [2.45, 2.75) is 25.3 Å². The quantitative estimate of drug-likeness (QED) is 0.683. The Morgan fingerprint density at radius 2 is 1.93 bits per heavy atom. The highest BCUT2D eigenvalue weighted by molar-refractivity contribution is 7.89. The minimum absolute atomic E-state index is 0.000343.